The quantitative estimate of drug-likeness (QED) is 0.443. The molecule has 1 aromatic carbocycles. The molecule has 0 fully saturated rings. The number of allylic oxidation sites excluding steroid dienone is 3. The van der Waals surface area contributed by atoms with Crippen molar-refractivity contribution in [1.29, 1.82) is 0 Å². The fourth-order valence-electron chi connectivity index (χ4n) is 3.85. The van der Waals surface area contributed by atoms with Gasteiger partial charge in [-0.2, -0.15) is 0 Å². The molecule has 2 aliphatic rings. The molecule has 0 aromatic heterocycles. The summed E-state index contributed by atoms with van der Waals surface area (Å²) in [5.74, 6) is -0.126. The number of hydrogen-bond donors (Lipinski definition) is 0. The molecule has 32 heavy (non-hydrogen) atoms. The molecular formula is C24H27ClO6S. The van der Waals surface area contributed by atoms with Gasteiger partial charge in [0.05, 0.1) is 24.5 Å². The number of ether oxygens (including phenoxy) is 3. The molecule has 0 saturated carbocycles. The molecule has 0 spiro atoms. The number of hydrogen-bond acceptors (Lipinski definition) is 7. The largest absolute Gasteiger partial charge is 0.493 e. The first-order valence-electron chi connectivity index (χ1n) is 10.6. The number of carbonyl (C=O) groups excluding carboxylic acids is 3. The van der Waals surface area contributed by atoms with Gasteiger partial charge in [0.15, 0.2) is 5.78 Å². The van der Waals surface area contributed by atoms with E-state index in [1.165, 1.54) is 14.0 Å². The van der Waals surface area contributed by atoms with Gasteiger partial charge >= 0.3 is 11.9 Å². The van der Waals surface area contributed by atoms with Gasteiger partial charge in [-0.25, -0.2) is 4.79 Å². The standard InChI is InChI=1S/C24H27ClO6S/c1-15(26)30-13-16-10-18(25)12-19(11-16)31-14-21-17(6-8-22(21)27)4-3-5-20-7-9-23(32-20)24(28)29-2/h6,8-12,17,20-21H,3-5,7,13-14H2,1-2H3. The second kappa shape index (κ2) is 11.6. The number of halogens is 1. The van der Waals surface area contributed by atoms with Crippen LogP contribution in [0.3, 0.4) is 0 Å². The molecule has 1 aromatic rings. The third-order valence-corrected chi connectivity index (χ3v) is 7.07. The lowest BCUT2D eigenvalue weighted by Gasteiger charge is -2.20. The average Bonchev–Trinajstić information content (AvgIpc) is 3.37. The third-order valence-electron chi connectivity index (χ3n) is 5.50. The molecule has 1 heterocycles. The molecule has 0 radical (unpaired) electrons. The highest BCUT2D eigenvalue weighted by Crippen LogP contribution is 2.37. The normalized spacial score (nSPS) is 22.0. The van der Waals surface area contributed by atoms with Crippen molar-refractivity contribution in [3.8, 4) is 5.75 Å². The zero-order valence-corrected chi connectivity index (χ0v) is 19.7. The molecule has 172 valence electrons. The molecule has 3 rings (SSSR count). The summed E-state index contributed by atoms with van der Waals surface area (Å²) >= 11 is 7.73. The Labute approximate surface area is 197 Å². The maximum absolute atomic E-state index is 12.4. The third kappa shape index (κ3) is 6.87. The highest BCUT2D eigenvalue weighted by Gasteiger charge is 2.31. The molecule has 0 N–H and O–H groups in total. The van der Waals surface area contributed by atoms with Crippen molar-refractivity contribution in [3.63, 3.8) is 0 Å². The van der Waals surface area contributed by atoms with Crippen LogP contribution in [0.1, 0.15) is 38.2 Å². The Kier molecular flexibility index (Phi) is 8.82. The van der Waals surface area contributed by atoms with Crippen LogP contribution in [-0.4, -0.2) is 36.7 Å². The minimum Gasteiger partial charge on any atom is -0.493 e. The molecule has 3 unspecified atom stereocenters. The second-order valence-corrected chi connectivity index (χ2v) is 9.66. The summed E-state index contributed by atoms with van der Waals surface area (Å²) in [5, 5.41) is 0.855. The van der Waals surface area contributed by atoms with Crippen LogP contribution in [0.2, 0.25) is 5.02 Å². The molecule has 6 nitrogen and oxygen atoms in total. The lowest BCUT2D eigenvalue weighted by atomic mass is 9.90. The average molecular weight is 479 g/mol. The van der Waals surface area contributed by atoms with Crippen molar-refractivity contribution < 1.29 is 28.6 Å². The van der Waals surface area contributed by atoms with Crippen molar-refractivity contribution >= 4 is 41.1 Å². The van der Waals surface area contributed by atoms with Gasteiger partial charge < -0.3 is 14.2 Å². The van der Waals surface area contributed by atoms with E-state index in [-0.39, 0.29) is 42.8 Å². The number of benzene rings is 1. The Morgan fingerprint density at radius 3 is 2.78 bits per heavy atom. The number of ketones is 1. The molecule has 1 aliphatic carbocycles. The first-order valence-corrected chi connectivity index (χ1v) is 11.8. The SMILES string of the molecule is COC(=O)C1=CCC(CCCC2C=CC(=O)C2COc2cc(Cl)cc(COC(C)=O)c2)S1. The number of carbonyl (C=O) groups is 3. The van der Waals surface area contributed by atoms with E-state index in [0.717, 1.165) is 31.2 Å². The van der Waals surface area contributed by atoms with Crippen LogP contribution in [0.15, 0.2) is 41.3 Å². The number of esters is 2. The van der Waals surface area contributed by atoms with Crippen molar-refractivity contribution in [2.45, 2.75) is 44.5 Å². The minimum absolute atomic E-state index is 0.0713. The monoisotopic (exact) mass is 478 g/mol. The van der Waals surface area contributed by atoms with E-state index >= 15 is 0 Å². The molecular weight excluding hydrogens is 452 g/mol. The predicted octanol–water partition coefficient (Wildman–Crippen LogP) is 4.89. The molecule has 0 bridgehead atoms. The summed E-state index contributed by atoms with van der Waals surface area (Å²) in [4.78, 5) is 35.7. The number of thioether (sulfide) groups is 1. The van der Waals surface area contributed by atoms with E-state index in [9.17, 15) is 14.4 Å². The van der Waals surface area contributed by atoms with Gasteiger partial charge in [-0.15, -0.1) is 11.8 Å². The van der Waals surface area contributed by atoms with Crippen LogP contribution in [-0.2, 0) is 30.5 Å². The fraction of sp³-hybridized carbons (Fsp3) is 0.458. The van der Waals surface area contributed by atoms with Crippen LogP contribution in [0.25, 0.3) is 0 Å². The highest BCUT2D eigenvalue weighted by atomic mass is 35.5. The van der Waals surface area contributed by atoms with E-state index in [1.807, 2.05) is 12.2 Å². The molecule has 0 saturated heterocycles. The molecule has 0 amide bonds. The highest BCUT2D eigenvalue weighted by molar-refractivity contribution is 8.04. The van der Waals surface area contributed by atoms with Crippen molar-refractivity contribution in [2.75, 3.05) is 13.7 Å². The Morgan fingerprint density at radius 1 is 1.22 bits per heavy atom. The van der Waals surface area contributed by atoms with Crippen LogP contribution >= 0.6 is 23.4 Å². The summed E-state index contributed by atoms with van der Waals surface area (Å²) in [6.07, 6.45) is 9.24. The van der Waals surface area contributed by atoms with Gasteiger partial charge in [0.25, 0.3) is 0 Å². The van der Waals surface area contributed by atoms with Crippen LogP contribution in [0.5, 0.6) is 5.75 Å². The molecule has 3 atom stereocenters. The zero-order chi connectivity index (χ0) is 23.1. The molecule has 1 aliphatic heterocycles. The lowest BCUT2D eigenvalue weighted by Crippen LogP contribution is -2.23. The smallest absolute Gasteiger partial charge is 0.344 e. The van der Waals surface area contributed by atoms with Crippen LogP contribution in [0, 0.1) is 11.8 Å². The van der Waals surface area contributed by atoms with Crippen LogP contribution < -0.4 is 4.74 Å². The summed E-state index contributed by atoms with van der Waals surface area (Å²) in [6, 6.07) is 5.16. The Bertz CT molecular complexity index is 925. The van der Waals surface area contributed by atoms with E-state index in [4.69, 9.17) is 25.8 Å². The maximum Gasteiger partial charge on any atom is 0.344 e. The van der Waals surface area contributed by atoms with Crippen molar-refractivity contribution in [1.82, 2.24) is 0 Å². The van der Waals surface area contributed by atoms with Gasteiger partial charge in [-0.1, -0.05) is 30.2 Å². The second-order valence-electron chi connectivity index (χ2n) is 7.88. The van der Waals surface area contributed by atoms with Crippen LogP contribution in [0.4, 0.5) is 0 Å². The number of rotatable bonds is 10. The first-order chi connectivity index (χ1) is 15.4. The van der Waals surface area contributed by atoms with Gasteiger partial charge in [0.1, 0.15) is 12.4 Å². The summed E-state index contributed by atoms with van der Waals surface area (Å²) in [6.45, 7) is 1.72. The topological polar surface area (TPSA) is 78.9 Å². The predicted molar refractivity (Wildman–Crippen MR) is 123 cm³/mol. The Morgan fingerprint density at radius 2 is 2.03 bits per heavy atom. The van der Waals surface area contributed by atoms with Crippen molar-refractivity contribution in [3.05, 3.63) is 51.9 Å². The lowest BCUT2D eigenvalue weighted by molar-refractivity contribution is -0.142. The van der Waals surface area contributed by atoms with Gasteiger partial charge in [0, 0.05) is 17.2 Å². The zero-order valence-electron chi connectivity index (χ0n) is 18.2. The van der Waals surface area contributed by atoms with E-state index in [0.29, 0.717) is 20.9 Å². The summed E-state index contributed by atoms with van der Waals surface area (Å²) in [7, 11) is 1.40. The summed E-state index contributed by atoms with van der Waals surface area (Å²) < 4.78 is 15.7. The van der Waals surface area contributed by atoms with Gasteiger partial charge in [0.2, 0.25) is 0 Å². The van der Waals surface area contributed by atoms with Gasteiger partial charge in [-0.3, -0.25) is 9.59 Å². The van der Waals surface area contributed by atoms with E-state index in [2.05, 4.69) is 0 Å². The first kappa shape index (κ1) is 24.4. The van der Waals surface area contributed by atoms with E-state index < -0.39 is 0 Å². The van der Waals surface area contributed by atoms with E-state index in [1.54, 1.807) is 36.0 Å². The Balaban J connectivity index is 1.47. The minimum atomic E-state index is -0.369. The van der Waals surface area contributed by atoms with Gasteiger partial charge in [-0.05, 0) is 55.0 Å². The fourth-order valence-corrected chi connectivity index (χ4v) is 5.31. The Hall–Kier alpha value is -2.25. The number of methoxy groups -OCH3 is 1. The maximum atomic E-state index is 12.4. The molecule has 8 heteroatoms. The summed E-state index contributed by atoms with van der Waals surface area (Å²) in [5.41, 5.74) is 0.726. The van der Waals surface area contributed by atoms with Crippen molar-refractivity contribution in [2.24, 2.45) is 11.8 Å².